The molecule has 7 atom stereocenters. The molecule has 7 unspecified atom stereocenters. The Bertz CT molecular complexity index is 1120. The summed E-state index contributed by atoms with van der Waals surface area (Å²) in [6.45, 7) is 10.0. The molecule has 0 saturated carbocycles. The minimum atomic E-state index is -1.31. The predicted octanol–water partition coefficient (Wildman–Crippen LogP) is 2.04. The number of aliphatic hydroxyl groups excluding tert-OH is 2. The molecule has 0 aromatic rings. The van der Waals surface area contributed by atoms with Crippen molar-refractivity contribution in [1.82, 2.24) is 0 Å². The molecule has 2 aliphatic heterocycles. The van der Waals surface area contributed by atoms with E-state index < -0.39 is 65.7 Å². The van der Waals surface area contributed by atoms with Crippen molar-refractivity contribution in [2.24, 2.45) is 11.3 Å². The summed E-state index contributed by atoms with van der Waals surface area (Å²) in [5.41, 5.74) is 0.982. The van der Waals surface area contributed by atoms with Crippen molar-refractivity contribution in [2.45, 2.75) is 91.8 Å². The summed E-state index contributed by atoms with van der Waals surface area (Å²) in [4.78, 5) is 48.3. The Kier molecular flexibility index (Phi) is 9.40. The van der Waals surface area contributed by atoms with E-state index in [2.05, 4.69) is 0 Å². The fraction of sp³-hybridized carbons (Fsp3) is 0.643. The van der Waals surface area contributed by atoms with Crippen LogP contribution in [-0.4, -0.2) is 77.8 Å². The number of ether oxygens (including phenoxy) is 5. The van der Waals surface area contributed by atoms with Gasteiger partial charge >= 0.3 is 23.9 Å². The summed E-state index contributed by atoms with van der Waals surface area (Å²) in [6, 6.07) is 0. The van der Waals surface area contributed by atoms with Crippen LogP contribution in [0.15, 0.2) is 34.1 Å². The van der Waals surface area contributed by atoms with Crippen molar-refractivity contribution < 1.29 is 53.1 Å². The molecule has 1 fully saturated rings. The zero-order valence-corrected chi connectivity index (χ0v) is 23.4. The van der Waals surface area contributed by atoms with E-state index in [1.54, 1.807) is 6.92 Å². The highest BCUT2D eigenvalue weighted by Gasteiger charge is 2.55. The lowest BCUT2D eigenvalue weighted by molar-refractivity contribution is -0.154. The molecule has 1 saturated heterocycles. The maximum Gasteiger partial charge on any atom is 0.307 e. The average molecular weight is 551 g/mol. The maximum atomic E-state index is 12.4. The second kappa shape index (κ2) is 12.0. The molecule has 39 heavy (non-hydrogen) atoms. The van der Waals surface area contributed by atoms with Gasteiger partial charge in [0.15, 0.2) is 11.9 Å². The van der Waals surface area contributed by atoms with Crippen LogP contribution in [0.5, 0.6) is 0 Å². The Hall–Kier alpha value is -3.02. The second-order valence-corrected chi connectivity index (χ2v) is 10.6. The number of esters is 4. The van der Waals surface area contributed by atoms with E-state index in [1.165, 1.54) is 33.8 Å². The summed E-state index contributed by atoms with van der Waals surface area (Å²) < 4.78 is 28.2. The second-order valence-electron chi connectivity index (χ2n) is 10.6. The minimum absolute atomic E-state index is 0.0430. The van der Waals surface area contributed by atoms with Gasteiger partial charge in [-0.25, -0.2) is 0 Å². The number of carbonyl (C=O) groups excluding carboxylic acids is 4. The van der Waals surface area contributed by atoms with E-state index in [4.69, 9.17) is 23.7 Å². The Balaban J connectivity index is 2.34. The highest BCUT2D eigenvalue weighted by molar-refractivity contribution is 5.70. The van der Waals surface area contributed by atoms with Crippen LogP contribution in [0.3, 0.4) is 0 Å². The Morgan fingerprint density at radius 1 is 0.949 bits per heavy atom. The minimum Gasteiger partial charge on any atom is -0.461 e. The van der Waals surface area contributed by atoms with E-state index in [0.29, 0.717) is 12.0 Å². The molecular formula is C28H38O11. The van der Waals surface area contributed by atoms with Gasteiger partial charge in [-0.1, -0.05) is 13.0 Å². The number of carbonyl (C=O) groups is 4. The number of fused-ring (bicyclic) bond motifs is 1. The molecular weight excluding hydrogens is 512 g/mol. The van der Waals surface area contributed by atoms with Crippen molar-refractivity contribution in [3.63, 3.8) is 0 Å². The lowest BCUT2D eigenvalue weighted by atomic mass is 9.58. The molecule has 0 aromatic heterocycles. The number of hydrogen-bond donors (Lipinski definition) is 2. The van der Waals surface area contributed by atoms with Crippen LogP contribution in [-0.2, 0) is 42.9 Å². The molecule has 4 bridgehead atoms. The molecule has 2 N–H and O–H groups in total. The van der Waals surface area contributed by atoms with Crippen LogP contribution in [0.1, 0.15) is 61.3 Å². The first-order valence-corrected chi connectivity index (χ1v) is 12.9. The molecule has 216 valence electrons. The number of rotatable bonds is 5. The molecule has 0 spiro atoms. The Morgan fingerprint density at radius 2 is 1.59 bits per heavy atom. The molecule has 2 aliphatic carbocycles. The van der Waals surface area contributed by atoms with Gasteiger partial charge in [-0.2, -0.15) is 0 Å². The molecule has 11 nitrogen and oxygen atoms in total. The van der Waals surface area contributed by atoms with E-state index in [0.717, 1.165) is 5.57 Å². The van der Waals surface area contributed by atoms with Gasteiger partial charge in [-0.15, -0.1) is 0 Å². The van der Waals surface area contributed by atoms with Gasteiger partial charge in [0.05, 0.1) is 24.9 Å². The van der Waals surface area contributed by atoms with E-state index in [-0.39, 0.29) is 36.5 Å². The lowest BCUT2D eigenvalue weighted by Crippen LogP contribution is -2.55. The molecule has 0 amide bonds. The van der Waals surface area contributed by atoms with Crippen LogP contribution < -0.4 is 0 Å². The fourth-order valence-electron chi connectivity index (χ4n) is 5.87. The molecule has 0 radical (unpaired) electrons. The third kappa shape index (κ3) is 6.59. The highest BCUT2D eigenvalue weighted by Crippen LogP contribution is 2.55. The molecule has 2 heterocycles. The normalized spacial score (nSPS) is 32.9. The van der Waals surface area contributed by atoms with Crippen LogP contribution >= 0.6 is 0 Å². The lowest BCUT2D eigenvalue weighted by Gasteiger charge is -2.54. The van der Waals surface area contributed by atoms with Crippen LogP contribution in [0.25, 0.3) is 0 Å². The fourth-order valence-corrected chi connectivity index (χ4v) is 5.87. The monoisotopic (exact) mass is 550 g/mol. The summed E-state index contributed by atoms with van der Waals surface area (Å²) in [7, 11) is 0. The van der Waals surface area contributed by atoms with Gasteiger partial charge in [0, 0.05) is 51.0 Å². The molecule has 4 rings (SSSR count). The summed E-state index contributed by atoms with van der Waals surface area (Å²) in [6.07, 6.45) is -3.46. The first-order valence-electron chi connectivity index (χ1n) is 12.9. The predicted molar refractivity (Wildman–Crippen MR) is 136 cm³/mol. The van der Waals surface area contributed by atoms with Crippen molar-refractivity contribution in [3.8, 4) is 0 Å². The van der Waals surface area contributed by atoms with Gasteiger partial charge in [0.1, 0.15) is 12.7 Å². The summed E-state index contributed by atoms with van der Waals surface area (Å²) in [5.74, 6) is -3.06. The first kappa shape index (κ1) is 30.5. The first-order chi connectivity index (χ1) is 18.1. The molecule has 4 aliphatic rings. The summed E-state index contributed by atoms with van der Waals surface area (Å²) >= 11 is 0. The summed E-state index contributed by atoms with van der Waals surface area (Å²) in [5, 5.41) is 22.7. The SMILES string of the molecule is CC(=O)OCC1=CC(O)C2CC3OCC2(C)C(=C3C)C(OC(C)=O)C(OC(C)=O)=C(C)C(OC(C)=O)CC1O. The van der Waals surface area contributed by atoms with E-state index in [1.807, 2.05) is 13.8 Å². The zero-order valence-electron chi connectivity index (χ0n) is 23.4. The van der Waals surface area contributed by atoms with Crippen molar-refractivity contribution in [1.29, 1.82) is 0 Å². The van der Waals surface area contributed by atoms with Crippen molar-refractivity contribution in [3.05, 3.63) is 34.1 Å². The van der Waals surface area contributed by atoms with Gasteiger partial charge < -0.3 is 33.9 Å². The van der Waals surface area contributed by atoms with Crippen LogP contribution in [0.2, 0.25) is 0 Å². The van der Waals surface area contributed by atoms with Crippen LogP contribution in [0.4, 0.5) is 0 Å². The van der Waals surface area contributed by atoms with Crippen LogP contribution in [0, 0.1) is 11.3 Å². The number of aliphatic hydroxyl groups is 2. The average Bonchev–Trinajstić information content (AvgIpc) is 2.81. The van der Waals surface area contributed by atoms with Gasteiger partial charge in [0.2, 0.25) is 0 Å². The topological polar surface area (TPSA) is 155 Å². The molecule has 0 aromatic carbocycles. The van der Waals surface area contributed by atoms with Gasteiger partial charge in [-0.3, -0.25) is 19.2 Å². The third-order valence-corrected chi connectivity index (χ3v) is 7.72. The Labute approximate surface area is 227 Å². The smallest absolute Gasteiger partial charge is 0.307 e. The van der Waals surface area contributed by atoms with Crippen molar-refractivity contribution >= 4 is 23.9 Å². The standard InChI is InChI=1S/C28H38O11/c1-13-23-9-20-22(34)8-19(11-35-15(3)29)21(33)10-24(37-16(4)30)14(2)26(38-17(5)31)27(39-18(6)32)25(13)28(20,7)12-36-23/h8,20-24,27,33-34H,9-12H2,1-7H3. The quantitative estimate of drug-likeness (QED) is 0.293. The highest BCUT2D eigenvalue weighted by atomic mass is 16.6. The van der Waals surface area contributed by atoms with Crippen molar-refractivity contribution in [2.75, 3.05) is 13.2 Å². The molecule has 11 heteroatoms. The third-order valence-electron chi connectivity index (χ3n) is 7.72. The van der Waals surface area contributed by atoms with Gasteiger partial charge in [0.25, 0.3) is 0 Å². The largest absolute Gasteiger partial charge is 0.461 e. The maximum absolute atomic E-state index is 12.4. The Morgan fingerprint density at radius 3 is 2.15 bits per heavy atom. The zero-order chi connectivity index (χ0) is 29.2. The van der Waals surface area contributed by atoms with E-state index >= 15 is 0 Å². The van der Waals surface area contributed by atoms with Gasteiger partial charge in [-0.05, 0) is 37.0 Å². The van der Waals surface area contributed by atoms with E-state index in [9.17, 15) is 29.4 Å². The number of hydrogen-bond acceptors (Lipinski definition) is 11.